The predicted octanol–water partition coefficient (Wildman–Crippen LogP) is 4.78. The minimum Gasteiger partial charge on any atom is -0.465 e. The molecule has 0 unspecified atom stereocenters. The van der Waals surface area contributed by atoms with Crippen molar-refractivity contribution in [3.05, 3.63) is 82.6 Å². The van der Waals surface area contributed by atoms with Gasteiger partial charge in [0.25, 0.3) is 0 Å². The number of carbonyl (C=O) groups is 1. The lowest BCUT2D eigenvalue weighted by Crippen LogP contribution is -2.01. The lowest BCUT2D eigenvalue weighted by Gasteiger charge is -2.07. The standard InChI is InChI=1S/C19H15BrN2O2/c1-24-19(23)17-6-2-3-7-18(17)21-13-16-5-4-12-22(16)15-10-8-14(20)9-11-15/h2-13H,1H3. The Morgan fingerprint density at radius 3 is 2.58 bits per heavy atom. The Morgan fingerprint density at radius 2 is 1.83 bits per heavy atom. The molecule has 1 heterocycles. The van der Waals surface area contributed by atoms with Crippen LogP contribution in [0.25, 0.3) is 5.69 Å². The molecule has 0 aliphatic carbocycles. The van der Waals surface area contributed by atoms with Crippen LogP contribution in [0.2, 0.25) is 0 Å². The fraction of sp³-hybridized carbons (Fsp3) is 0.0526. The fourth-order valence-corrected chi connectivity index (χ4v) is 2.60. The lowest BCUT2D eigenvalue weighted by atomic mass is 10.2. The molecule has 0 aliphatic heterocycles. The summed E-state index contributed by atoms with van der Waals surface area (Å²) in [6.07, 6.45) is 3.71. The Kier molecular flexibility index (Phi) is 4.91. The third-order valence-electron chi connectivity index (χ3n) is 3.53. The molecule has 0 bridgehead atoms. The van der Waals surface area contributed by atoms with Gasteiger partial charge in [-0.3, -0.25) is 4.99 Å². The maximum absolute atomic E-state index is 11.8. The minimum absolute atomic E-state index is 0.397. The number of rotatable bonds is 4. The molecule has 0 fully saturated rings. The summed E-state index contributed by atoms with van der Waals surface area (Å²) >= 11 is 3.44. The van der Waals surface area contributed by atoms with E-state index in [1.807, 2.05) is 53.2 Å². The van der Waals surface area contributed by atoms with Gasteiger partial charge in [-0.05, 0) is 48.5 Å². The van der Waals surface area contributed by atoms with E-state index in [0.29, 0.717) is 11.3 Å². The SMILES string of the molecule is COC(=O)c1ccccc1N=Cc1cccn1-c1ccc(Br)cc1. The molecule has 5 heteroatoms. The highest BCUT2D eigenvalue weighted by Crippen LogP contribution is 2.20. The van der Waals surface area contributed by atoms with Crippen molar-refractivity contribution in [2.24, 2.45) is 4.99 Å². The van der Waals surface area contributed by atoms with Crippen molar-refractivity contribution in [3.8, 4) is 5.69 Å². The van der Waals surface area contributed by atoms with Crippen molar-refractivity contribution >= 4 is 33.8 Å². The Bertz CT molecular complexity index is 882. The van der Waals surface area contributed by atoms with Gasteiger partial charge in [-0.2, -0.15) is 0 Å². The van der Waals surface area contributed by atoms with Crippen LogP contribution in [0.3, 0.4) is 0 Å². The molecule has 0 radical (unpaired) electrons. The van der Waals surface area contributed by atoms with Crippen LogP contribution in [-0.2, 0) is 4.74 Å². The number of hydrogen-bond acceptors (Lipinski definition) is 3. The van der Waals surface area contributed by atoms with Gasteiger partial charge in [0.05, 0.1) is 30.3 Å². The molecule has 3 rings (SSSR count). The van der Waals surface area contributed by atoms with Crippen LogP contribution in [0.5, 0.6) is 0 Å². The van der Waals surface area contributed by atoms with Crippen LogP contribution in [0, 0.1) is 0 Å². The highest BCUT2D eigenvalue weighted by molar-refractivity contribution is 9.10. The van der Waals surface area contributed by atoms with Gasteiger partial charge in [0.2, 0.25) is 0 Å². The summed E-state index contributed by atoms with van der Waals surface area (Å²) in [4.78, 5) is 16.3. The summed E-state index contributed by atoms with van der Waals surface area (Å²) in [5, 5.41) is 0. The smallest absolute Gasteiger partial charge is 0.340 e. The first-order chi connectivity index (χ1) is 11.7. The van der Waals surface area contributed by atoms with Gasteiger partial charge >= 0.3 is 5.97 Å². The van der Waals surface area contributed by atoms with Crippen LogP contribution in [0.4, 0.5) is 5.69 Å². The van der Waals surface area contributed by atoms with E-state index in [-0.39, 0.29) is 0 Å². The highest BCUT2D eigenvalue weighted by atomic mass is 79.9. The second-order valence-corrected chi connectivity index (χ2v) is 5.96. The van der Waals surface area contributed by atoms with Crippen LogP contribution in [0.15, 0.2) is 76.3 Å². The number of carbonyl (C=O) groups excluding carboxylic acids is 1. The van der Waals surface area contributed by atoms with E-state index in [1.54, 1.807) is 24.4 Å². The Labute approximate surface area is 148 Å². The molecule has 0 amide bonds. The van der Waals surface area contributed by atoms with Crippen LogP contribution < -0.4 is 0 Å². The van der Waals surface area contributed by atoms with E-state index in [2.05, 4.69) is 20.9 Å². The van der Waals surface area contributed by atoms with E-state index in [1.165, 1.54) is 7.11 Å². The molecule has 0 saturated carbocycles. The number of nitrogens with zero attached hydrogens (tertiary/aromatic N) is 2. The van der Waals surface area contributed by atoms with E-state index >= 15 is 0 Å². The number of methoxy groups -OCH3 is 1. The zero-order valence-electron chi connectivity index (χ0n) is 13.0. The molecule has 2 aromatic carbocycles. The molecule has 0 N–H and O–H groups in total. The summed E-state index contributed by atoms with van der Waals surface area (Å²) in [6.45, 7) is 0. The van der Waals surface area contributed by atoms with Crippen molar-refractivity contribution in [1.29, 1.82) is 0 Å². The second-order valence-electron chi connectivity index (χ2n) is 5.05. The first-order valence-corrected chi connectivity index (χ1v) is 8.13. The normalized spacial score (nSPS) is 10.9. The molecular formula is C19H15BrN2O2. The maximum atomic E-state index is 11.8. The van der Waals surface area contributed by atoms with Crippen molar-refractivity contribution < 1.29 is 9.53 Å². The summed E-state index contributed by atoms with van der Waals surface area (Å²) in [5.74, 6) is -0.397. The van der Waals surface area contributed by atoms with E-state index in [4.69, 9.17) is 4.74 Å². The van der Waals surface area contributed by atoms with Crippen molar-refractivity contribution in [2.75, 3.05) is 7.11 Å². The van der Waals surface area contributed by atoms with Gasteiger partial charge in [0, 0.05) is 16.4 Å². The number of hydrogen-bond donors (Lipinski definition) is 0. The molecule has 0 spiro atoms. The van der Waals surface area contributed by atoms with Crippen LogP contribution >= 0.6 is 15.9 Å². The van der Waals surface area contributed by atoms with Gasteiger partial charge in [0.1, 0.15) is 0 Å². The predicted molar refractivity (Wildman–Crippen MR) is 98.5 cm³/mol. The number of benzene rings is 2. The topological polar surface area (TPSA) is 43.6 Å². The number of para-hydroxylation sites is 1. The zero-order chi connectivity index (χ0) is 16.9. The molecule has 3 aromatic rings. The van der Waals surface area contributed by atoms with Crippen LogP contribution in [0.1, 0.15) is 16.1 Å². The Hall–Kier alpha value is -2.66. The molecule has 24 heavy (non-hydrogen) atoms. The van der Waals surface area contributed by atoms with E-state index in [9.17, 15) is 4.79 Å². The largest absolute Gasteiger partial charge is 0.465 e. The van der Waals surface area contributed by atoms with Crippen LogP contribution in [-0.4, -0.2) is 23.9 Å². The fourth-order valence-electron chi connectivity index (χ4n) is 2.34. The lowest BCUT2D eigenvalue weighted by molar-refractivity contribution is 0.0601. The molecule has 0 aliphatic rings. The monoisotopic (exact) mass is 382 g/mol. The molecule has 1 aromatic heterocycles. The summed E-state index contributed by atoms with van der Waals surface area (Å²) in [6, 6.07) is 19.0. The number of halogens is 1. The Balaban J connectivity index is 1.93. The van der Waals surface area contributed by atoms with Crippen molar-refractivity contribution in [3.63, 3.8) is 0 Å². The molecule has 0 atom stereocenters. The second kappa shape index (κ2) is 7.27. The number of esters is 1. The number of aliphatic imine (C=N–C) groups is 1. The number of aromatic nitrogens is 1. The zero-order valence-corrected chi connectivity index (χ0v) is 14.6. The third-order valence-corrected chi connectivity index (χ3v) is 4.06. The van der Waals surface area contributed by atoms with Gasteiger partial charge < -0.3 is 9.30 Å². The average molecular weight is 383 g/mol. The Morgan fingerprint density at radius 1 is 1.08 bits per heavy atom. The quantitative estimate of drug-likeness (QED) is 0.481. The van der Waals surface area contributed by atoms with Crippen molar-refractivity contribution in [1.82, 2.24) is 4.57 Å². The molecular weight excluding hydrogens is 368 g/mol. The van der Waals surface area contributed by atoms with Crippen molar-refractivity contribution in [2.45, 2.75) is 0 Å². The van der Waals surface area contributed by atoms with Gasteiger partial charge in [-0.25, -0.2) is 4.79 Å². The minimum atomic E-state index is -0.397. The summed E-state index contributed by atoms with van der Waals surface area (Å²) in [5.41, 5.74) is 2.97. The van der Waals surface area contributed by atoms with Gasteiger partial charge in [-0.1, -0.05) is 28.1 Å². The van der Waals surface area contributed by atoms with E-state index < -0.39 is 5.97 Å². The summed E-state index contributed by atoms with van der Waals surface area (Å²) in [7, 11) is 1.36. The van der Waals surface area contributed by atoms with E-state index in [0.717, 1.165) is 15.9 Å². The highest BCUT2D eigenvalue weighted by Gasteiger charge is 2.10. The first kappa shape index (κ1) is 16.2. The summed E-state index contributed by atoms with van der Waals surface area (Å²) < 4.78 is 7.85. The number of ether oxygens (including phenoxy) is 1. The third kappa shape index (κ3) is 3.46. The average Bonchev–Trinajstić information content (AvgIpc) is 3.08. The molecule has 4 nitrogen and oxygen atoms in total. The van der Waals surface area contributed by atoms with Gasteiger partial charge in [0.15, 0.2) is 0 Å². The maximum Gasteiger partial charge on any atom is 0.340 e. The first-order valence-electron chi connectivity index (χ1n) is 7.34. The molecule has 0 saturated heterocycles. The molecule has 120 valence electrons. The van der Waals surface area contributed by atoms with Gasteiger partial charge in [-0.15, -0.1) is 0 Å².